The fourth-order valence-corrected chi connectivity index (χ4v) is 4.46. The van der Waals surface area contributed by atoms with Crippen molar-refractivity contribution in [2.24, 2.45) is 0 Å². The SMILES string of the molecule is CC(C)c1ccccc1CCCc1cccc(CCc2ccc3ccc(Cl)cc3n2)c1. The molecule has 1 aromatic heterocycles. The van der Waals surface area contributed by atoms with Gasteiger partial charge in [0.1, 0.15) is 0 Å². The molecule has 0 aliphatic carbocycles. The Balaban J connectivity index is 1.35. The van der Waals surface area contributed by atoms with Crippen molar-refractivity contribution in [3.63, 3.8) is 0 Å². The Bertz CT molecular complexity index is 1160. The normalized spacial score (nSPS) is 11.4. The summed E-state index contributed by atoms with van der Waals surface area (Å²) in [7, 11) is 0. The molecule has 158 valence electrons. The van der Waals surface area contributed by atoms with Gasteiger partial charge < -0.3 is 0 Å². The van der Waals surface area contributed by atoms with E-state index in [1.807, 2.05) is 18.2 Å². The van der Waals surface area contributed by atoms with Crippen molar-refractivity contribution >= 4 is 22.5 Å². The highest BCUT2D eigenvalue weighted by Gasteiger charge is 2.06. The smallest absolute Gasteiger partial charge is 0.0720 e. The van der Waals surface area contributed by atoms with Crippen molar-refractivity contribution in [1.29, 1.82) is 0 Å². The fourth-order valence-electron chi connectivity index (χ4n) is 4.29. The van der Waals surface area contributed by atoms with Crippen LogP contribution in [0.2, 0.25) is 5.02 Å². The highest BCUT2D eigenvalue weighted by atomic mass is 35.5. The van der Waals surface area contributed by atoms with E-state index in [0.29, 0.717) is 5.92 Å². The summed E-state index contributed by atoms with van der Waals surface area (Å²) in [5.41, 5.74) is 7.88. The lowest BCUT2D eigenvalue weighted by molar-refractivity contribution is 0.782. The summed E-state index contributed by atoms with van der Waals surface area (Å²) >= 11 is 6.13. The van der Waals surface area contributed by atoms with Crippen LogP contribution in [0.1, 0.15) is 54.1 Å². The number of rotatable bonds is 8. The molecule has 0 spiro atoms. The zero-order valence-corrected chi connectivity index (χ0v) is 19.2. The van der Waals surface area contributed by atoms with Gasteiger partial charge in [-0.2, -0.15) is 0 Å². The van der Waals surface area contributed by atoms with Crippen LogP contribution in [0.3, 0.4) is 0 Å². The zero-order chi connectivity index (χ0) is 21.6. The van der Waals surface area contributed by atoms with Crippen LogP contribution in [0, 0.1) is 0 Å². The standard InChI is InChI=1S/C29H30ClN/c1-21(2)28-12-4-3-10-24(28)11-6-9-22-7-5-8-23(19-22)13-17-27-18-15-25-14-16-26(30)20-29(25)31-27/h3-5,7-8,10,12,14-16,18-21H,6,9,11,13,17H2,1-2H3. The van der Waals surface area contributed by atoms with Gasteiger partial charge in [-0.1, -0.05) is 86.1 Å². The highest BCUT2D eigenvalue weighted by molar-refractivity contribution is 6.31. The number of pyridine rings is 1. The Hall–Kier alpha value is -2.64. The summed E-state index contributed by atoms with van der Waals surface area (Å²) in [6.45, 7) is 4.56. The number of halogens is 1. The molecule has 1 heterocycles. The first-order valence-electron chi connectivity index (χ1n) is 11.3. The van der Waals surface area contributed by atoms with E-state index < -0.39 is 0 Å². The highest BCUT2D eigenvalue weighted by Crippen LogP contribution is 2.22. The number of hydrogen-bond donors (Lipinski definition) is 0. The van der Waals surface area contributed by atoms with Crippen LogP contribution in [0.5, 0.6) is 0 Å². The molecule has 31 heavy (non-hydrogen) atoms. The molecule has 0 saturated carbocycles. The van der Waals surface area contributed by atoms with E-state index in [-0.39, 0.29) is 0 Å². The van der Waals surface area contributed by atoms with E-state index >= 15 is 0 Å². The van der Waals surface area contributed by atoms with Crippen LogP contribution in [0.4, 0.5) is 0 Å². The topological polar surface area (TPSA) is 12.9 Å². The lowest BCUT2D eigenvalue weighted by atomic mass is 9.93. The molecule has 0 saturated heterocycles. The van der Waals surface area contributed by atoms with E-state index in [1.165, 1.54) is 28.7 Å². The van der Waals surface area contributed by atoms with Gasteiger partial charge in [0.2, 0.25) is 0 Å². The molecule has 0 bridgehead atoms. The molecule has 0 atom stereocenters. The number of hydrogen-bond acceptors (Lipinski definition) is 1. The Morgan fingerprint density at radius 1 is 0.742 bits per heavy atom. The largest absolute Gasteiger partial charge is 0.253 e. The predicted octanol–water partition coefficient (Wildman–Crippen LogP) is 7.97. The maximum Gasteiger partial charge on any atom is 0.0720 e. The maximum atomic E-state index is 6.13. The Labute approximate surface area is 191 Å². The second-order valence-corrected chi connectivity index (χ2v) is 9.10. The minimum absolute atomic E-state index is 0.583. The third-order valence-electron chi connectivity index (χ3n) is 5.96. The lowest BCUT2D eigenvalue weighted by Crippen LogP contribution is -1.98. The van der Waals surface area contributed by atoms with Gasteiger partial charge in [-0.15, -0.1) is 0 Å². The molecule has 4 aromatic rings. The van der Waals surface area contributed by atoms with Crippen LogP contribution >= 0.6 is 11.6 Å². The third kappa shape index (κ3) is 5.74. The van der Waals surface area contributed by atoms with Gasteiger partial charge in [-0.05, 0) is 78.5 Å². The number of fused-ring (bicyclic) bond motifs is 1. The summed E-state index contributed by atoms with van der Waals surface area (Å²) in [6.07, 6.45) is 5.38. The molecule has 0 amide bonds. The first-order chi connectivity index (χ1) is 15.1. The summed E-state index contributed by atoms with van der Waals surface area (Å²) in [6, 6.07) is 28.1. The monoisotopic (exact) mass is 427 g/mol. The predicted molar refractivity (Wildman–Crippen MR) is 133 cm³/mol. The van der Waals surface area contributed by atoms with Crippen LogP contribution in [-0.4, -0.2) is 4.98 Å². The minimum Gasteiger partial charge on any atom is -0.253 e. The minimum atomic E-state index is 0.583. The summed E-state index contributed by atoms with van der Waals surface area (Å²) < 4.78 is 0. The van der Waals surface area contributed by atoms with Gasteiger partial charge in [-0.3, -0.25) is 4.98 Å². The molecular weight excluding hydrogens is 398 g/mol. The molecular formula is C29H30ClN. The molecule has 1 nitrogen and oxygen atoms in total. The van der Waals surface area contributed by atoms with Gasteiger partial charge >= 0.3 is 0 Å². The van der Waals surface area contributed by atoms with Crippen molar-refractivity contribution in [3.05, 3.63) is 112 Å². The Kier molecular flexibility index (Phi) is 7.04. The van der Waals surface area contributed by atoms with Gasteiger partial charge in [0.15, 0.2) is 0 Å². The molecule has 0 N–H and O–H groups in total. The molecule has 0 aliphatic rings. The number of aryl methyl sites for hydroxylation is 4. The van der Waals surface area contributed by atoms with Crippen molar-refractivity contribution in [2.45, 2.75) is 51.9 Å². The Morgan fingerprint density at radius 2 is 1.52 bits per heavy atom. The van der Waals surface area contributed by atoms with Crippen molar-refractivity contribution in [3.8, 4) is 0 Å². The second-order valence-electron chi connectivity index (χ2n) is 8.67. The van der Waals surface area contributed by atoms with Gasteiger partial charge in [-0.25, -0.2) is 0 Å². The Morgan fingerprint density at radius 3 is 2.35 bits per heavy atom. The van der Waals surface area contributed by atoms with Gasteiger partial charge in [0.05, 0.1) is 5.52 Å². The number of nitrogens with zero attached hydrogens (tertiary/aromatic N) is 1. The summed E-state index contributed by atoms with van der Waals surface area (Å²) in [5, 5.41) is 1.87. The molecule has 0 aliphatic heterocycles. The summed E-state index contributed by atoms with van der Waals surface area (Å²) in [5.74, 6) is 0.583. The average molecular weight is 428 g/mol. The van der Waals surface area contributed by atoms with E-state index in [2.05, 4.69) is 74.5 Å². The first-order valence-corrected chi connectivity index (χ1v) is 11.7. The van der Waals surface area contributed by atoms with Crippen LogP contribution in [0.15, 0.2) is 78.9 Å². The van der Waals surface area contributed by atoms with Crippen molar-refractivity contribution < 1.29 is 0 Å². The third-order valence-corrected chi connectivity index (χ3v) is 6.20. The van der Waals surface area contributed by atoms with E-state index in [0.717, 1.165) is 47.3 Å². The van der Waals surface area contributed by atoms with Gasteiger partial charge in [0, 0.05) is 16.1 Å². The van der Waals surface area contributed by atoms with Gasteiger partial charge in [0.25, 0.3) is 0 Å². The average Bonchev–Trinajstić information content (AvgIpc) is 2.78. The molecule has 0 radical (unpaired) electrons. The summed E-state index contributed by atoms with van der Waals surface area (Å²) in [4.78, 5) is 4.79. The molecule has 3 aromatic carbocycles. The maximum absolute atomic E-state index is 6.13. The van der Waals surface area contributed by atoms with Crippen molar-refractivity contribution in [2.75, 3.05) is 0 Å². The molecule has 2 heteroatoms. The van der Waals surface area contributed by atoms with Crippen LogP contribution in [0.25, 0.3) is 10.9 Å². The van der Waals surface area contributed by atoms with E-state index in [9.17, 15) is 0 Å². The molecule has 0 fully saturated rings. The fraction of sp³-hybridized carbons (Fsp3) is 0.276. The second kappa shape index (κ2) is 10.1. The lowest BCUT2D eigenvalue weighted by Gasteiger charge is -2.12. The van der Waals surface area contributed by atoms with Crippen LogP contribution in [-0.2, 0) is 25.7 Å². The quantitative estimate of drug-likeness (QED) is 0.278. The number of benzene rings is 3. The van der Waals surface area contributed by atoms with E-state index in [4.69, 9.17) is 16.6 Å². The van der Waals surface area contributed by atoms with E-state index in [1.54, 1.807) is 0 Å². The number of aromatic nitrogens is 1. The molecule has 4 rings (SSSR count). The first kappa shape index (κ1) is 21.6. The molecule has 0 unspecified atom stereocenters. The van der Waals surface area contributed by atoms with Crippen LogP contribution < -0.4 is 0 Å². The zero-order valence-electron chi connectivity index (χ0n) is 18.4. The van der Waals surface area contributed by atoms with Crippen molar-refractivity contribution in [1.82, 2.24) is 4.98 Å².